The van der Waals surface area contributed by atoms with Crippen LogP contribution in [0.2, 0.25) is 0 Å². The summed E-state index contributed by atoms with van der Waals surface area (Å²) in [6.45, 7) is 20.7. The summed E-state index contributed by atoms with van der Waals surface area (Å²) in [4.78, 5) is 8.54. The molecule has 0 saturated heterocycles. The predicted molar refractivity (Wildman–Crippen MR) is 270 cm³/mol. The molecule has 0 heterocycles. The highest BCUT2D eigenvalue weighted by atomic mass is 15.2. The molecule has 64 heavy (non-hydrogen) atoms. The first-order chi connectivity index (χ1) is 31.1. The van der Waals surface area contributed by atoms with Crippen LogP contribution in [0.5, 0.6) is 0 Å². The molecule has 306 valence electrons. The molecule has 0 aliphatic rings. The van der Waals surface area contributed by atoms with Crippen molar-refractivity contribution in [1.82, 2.24) is 0 Å². The van der Waals surface area contributed by atoms with Crippen molar-refractivity contribution in [3.8, 4) is 28.3 Å². The van der Waals surface area contributed by atoms with Crippen LogP contribution in [0.3, 0.4) is 0 Å². The first kappa shape index (κ1) is 39.9. The first-order valence-electron chi connectivity index (χ1n) is 21.8. The second-order valence-electron chi connectivity index (χ2n) is 17.2. The van der Waals surface area contributed by atoms with E-state index in [-0.39, 0.29) is 0 Å². The molecule has 0 amide bonds. The van der Waals surface area contributed by atoms with Gasteiger partial charge in [0.2, 0.25) is 0 Å². The van der Waals surface area contributed by atoms with Crippen LogP contribution in [-0.4, -0.2) is 0 Å². The smallest absolute Gasteiger partial charge is 0.187 e. The van der Waals surface area contributed by atoms with E-state index in [1.54, 1.807) is 0 Å². The lowest BCUT2D eigenvalue weighted by Gasteiger charge is -2.32. The van der Waals surface area contributed by atoms with Crippen LogP contribution in [0, 0.1) is 59.4 Å². The van der Waals surface area contributed by atoms with Gasteiger partial charge >= 0.3 is 0 Å². The summed E-state index contributed by atoms with van der Waals surface area (Å²) in [7, 11) is 0. The number of hydrogen-bond acceptors (Lipinski definition) is 3. The Bertz CT molecular complexity index is 3520. The average molecular weight is 823 g/mol. The lowest BCUT2D eigenvalue weighted by molar-refractivity contribution is 1.25. The van der Waals surface area contributed by atoms with Gasteiger partial charge in [-0.15, -0.1) is 0 Å². The van der Waals surface area contributed by atoms with Crippen LogP contribution in [0.4, 0.5) is 39.8 Å². The highest BCUT2D eigenvalue weighted by molar-refractivity contribution is 6.33. The summed E-state index contributed by atoms with van der Waals surface area (Å²) in [5, 5.41) is 16.8. The lowest BCUT2D eigenvalue weighted by atomic mass is 9.85. The second kappa shape index (κ2) is 15.9. The minimum Gasteiger partial charge on any atom is -0.310 e. The Labute approximate surface area is 375 Å². The van der Waals surface area contributed by atoms with Crippen LogP contribution in [-0.2, 0) is 0 Å². The summed E-state index contributed by atoms with van der Waals surface area (Å²) in [5.41, 5.74) is 19.2. The van der Waals surface area contributed by atoms with E-state index in [2.05, 4.69) is 208 Å². The van der Waals surface area contributed by atoms with E-state index in [4.69, 9.17) is 6.57 Å². The quantitative estimate of drug-likeness (QED) is 0.113. The Morgan fingerprint density at radius 3 is 1.44 bits per heavy atom. The third kappa shape index (κ3) is 6.87. The molecule has 0 aromatic heterocycles. The van der Waals surface area contributed by atoms with E-state index in [9.17, 15) is 5.26 Å². The largest absolute Gasteiger partial charge is 0.310 e. The number of nitrogens with zero attached hydrogens (tertiary/aromatic N) is 4. The normalized spacial score (nSPS) is 11.2. The molecule has 0 atom stereocenters. The number of hydrogen-bond donors (Lipinski definition) is 0. The highest BCUT2D eigenvalue weighted by Crippen LogP contribution is 2.53. The molecular weight excluding hydrogens is 777 g/mol. The first-order valence-corrected chi connectivity index (χ1v) is 21.8. The van der Waals surface area contributed by atoms with Crippen molar-refractivity contribution in [3.05, 3.63) is 220 Å². The molecule has 10 aromatic carbocycles. The fourth-order valence-corrected chi connectivity index (χ4v) is 9.36. The molecule has 0 saturated carbocycles. The van der Waals surface area contributed by atoms with E-state index < -0.39 is 0 Å². The van der Waals surface area contributed by atoms with E-state index in [0.29, 0.717) is 11.3 Å². The van der Waals surface area contributed by atoms with Gasteiger partial charge in [-0.3, -0.25) is 0 Å². The van der Waals surface area contributed by atoms with Crippen LogP contribution >= 0.6 is 0 Å². The summed E-state index contributed by atoms with van der Waals surface area (Å²) in [6, 6.07) is 63.3. The van der Waals surface area contributed by atoms with Gasteiger partial charge in [-0.1, -0.05) is 97.1 Å². The predicted octanol–water partition coefficient (Wildman–Crippen LogP) is 17.1. The van der Waals surface area contributed by atoms with Gasteiger partial charge in [-0.25, -0.2) is 4.85 Å². The van der Waals surface area contributed by atoms with Gasteiger partial charge in [0.25, 0.3) is 0 Å². The van der Waals surface area contributed by atoms with Crippen molar-refractivity contribution in [2.75, 3.05) is 9.80 Å². The SMILES string of the molecule is [C-]#[N+]c1ccc(-c2ccc3c(N(c4cccc(C)c4)c4ccc(C)c(C)c4)cc4c(-c5ccc(C#N)cc5)cc(N(c5cccc(C)c5)c5ccc(C)c(C)c5)c5ccc2c3c45)cc1. The number of anilines is 6. The Morgan fingerprint density at radius 2 is 0.906 bits per heavy atom. The second-order valence-corrected chi connectivity index (χ2v) is 17.2. The Balaban J connectivity index is 1.40. The van der Waals surface area contributed by atoms with Crippen molar-refractivity contribution in [1.29, 1.82) is 5.26 Å². The van der Waals surface area contributed by atoms with E-state index >= 15 is 0 Å². The standard InChI is InChI=1S/C60H46N4/c1-37-10-8-12-47(30-37)63(49-24-14-39(3)41(5)32-49)57-34-55(45-18-16-43(36-61)17-19-45)56-35-58(64(48-13-9-11-38(2)31-48)50-25-15-40(4)42(6)33-50)53-28-26-51(44-20-22-46(62-7)23-21-44)52-27-29-54(57)60(56)59(52)53/h8-35H,1-6H3. The third-order valence-corrected chi connectivity index (χ3v) is 13.0. The van der Waals surface area contributed by atoms with Crippen molar-refractivity contribution >= 4 is 72.1 Å². The minimum atomic E-state index is 0.616. The number of nitriles is 1. The molecule has 0 aliphatic carbocycles. The van der Waals surface area contributed by atoms with Crippen LogP contribution in [0.15, 0.2) is 170 Å². The van der Waals surface area contributed by atoms with E-state index in [0.717, 1.165) is 77.9 Å². The van der Waals surface area contributed by atoms with Gasteiger partial charge in [-0.05, 0) is 181 Å². The van der Waals surface area contributed by atoms with E-state index in [1.807, 2.05) is 24.3 Å². The van der Waals surface area contributed by atoms with Gasteiger partial charge in [0.1, 0.15) is 0 Å². The molecular formula is C60H46N4. The summed E-state index contributed by atoms with van der Waals surface area (Å²) in [6.07, 6.45) is 0. The van der Waals surface area contributed by atoms with Crippen molar-refractivity contribution < 1.29 is 0 Å². The Morgan fingerprint density at radius 1 is 0.422 bits per heavy atom. The molecule has 0 radical (unpaired) electrons. The maximum atomic E-state index is 9.93. The number of aryl methyl sites for hydroxylation is 6. The molecule has 0 bridgehead atoms. The van der Waals surface area contributed by atoms with Gasteiger partial charge < -0.3 is 9.80 Å². The summed E-state index contributed by atoms with van der Waals surface area (Å²) < 4.78 is 0. The molecule has 0 unspecified atom stereocenters. The molecule has 0 spiro atoms. The van der Waals surface area contributed by atoms with E-state index in [1.165, 1.54) is 44.2 Å². The van der Waals surface area contributed by atoms with Gasteiger partial charge in [0.05, 0.1) is 29.6 Å². The Hall–Kier alpha value is -8.18. The molecule has 4 nitrogen and oxygen atoms in total. The zero-order valence-corrected chi connectivity index (χ0v) is 37.0. The molecule has 0 N–H and O–H groups in total. The summed E-state index contributed by atoms with van der Waals surface area (Å²) >= 11 is 0. The molecule has 0 aliphatic heterocycles. The fourth-order valence-electron chi connectivity index (χ4n) is 9.36. The van der Waals surface area contributed by atoms with Gasteiger partial charge in [0, 0.05) is 44.3 Å². The highest BCUT2D eigenvalue weighted by Gasteiger charge is 2.26. The zero-order valence-electron chi connectivity index (χ0n) is 37.0. The molecule has 10 aromatic rings. The van der Waals surface area contributed by atoms with Crippen molar-refractivity contribution in [2.24, 2.45) is 0 Å². The number of benzene rings is 10. The number of rotatable bonds is 8. The molecule has 0 fully saturated rings. The van der Waals surface area contributed by atoms with Crippen LogP contribution < -0.4 is 9.80 Å². The maximum Gasteiger partial charge on any atom is 0.187 e. The lowest BCUT2D eigenvalue weighted by Crippen LogP contribution is -2.13. The topological polar surface area (TPSA) is 34.6 Å². The summed E-state index contributed by atoms with van der Waals surface area (Å²) in [5.74, 6) is 0. The van der Waals surface area contributed by atoms with Crippen molar-refractivity contribution in [2.45, 2.75) is 41.5 Å². The van der Waals surface area contributed by atoms with Crippen LogP contribution in [0.25, 0.3) is 59.4 Å². The Kier molecular flexibility index (Phi) is 9.94. The molecule has 4 heteroatoms. The van der Waals surface area contributed by atoms with Gasteiger partial charge in [-0.2, -0.15) is 5.26 Å². The zero-order chi connectivity index (χ0) is 44.2. The minimum absolute atomic E-state index is 0.616. The molecule has 10 rings (SSSR count). The van der Waals surface area contributed by atoms with Crippen LogP contribution in [0.1, 0.15) is 38.9 Å². The monoisotopic (exact) mass is 822 g/mol. The maximum absolute atomic E-state index is 9.93. The van der Waals surface area contributed by atoms with Crippen molar-refractivity contribution in [3.63, 3.8) is 0 Å². The average Bonchev–Trinajstić information content (AvgIpc) is 3.31. The third-order valence-electron chi connectivity index (χ3n) is 13.0. The fraction of sp³-hybridized carbons (Fsp3) is 0.100. The van der Waals surface area contributed by atoms with Gasteiger partial charge in [0.15, 0.2) is 5.69 Å².